The Hall–Kier alpha value is -0.930. The first kappa shape index (κ1) is 15.6. The molecule has 2 aliphatic rings. The van der Waals surface area contributed by atoms with E-state index in [1.54, 1.807) is 12.1 Å². The van der Waals surface area contributed by atoms with E-state index in [0.717, 1.165) is 37.2 Å². The molecule has 5 heteroatoms. The van der Waals surface area contributed by atoms with Crippen LogP contribution in [0.4, 0.5) is 5.69 Å². The number of fused-ring (bicyclic) bond motifs is 3. The monoisotopic (exact) mass is 366 g/mol. The van der Waals surface area contributed by atoms with Crippen molar-refractivity contribution >= 4 is 40.5 Å². The Morgan fingerprint density at radius 1 is 1.00 bits per heavy atom. The van der Waals surface area contributed by atoms with Crippen LogP contribution in [0.3, 0.4) is 0 Å². The second-order valence-corrected chi connectivity index (χ2v) is 7.43. The number of hydrogen-bond acceptors (Lipinski definition) is 2. The van der Waals surface area contributed by atoms with Gasteiger partial charge in [-0.1, -0.05) is 40.9 Å². The van der Waals surface area contributed by atoms with E-state index >= 15 is 0 Å². The third-order valence-electron chi connectivity index (χ3n) is 4.76. The normalized spacial score (nSPS) is 20.1. The third kappa shape index (κ3) is 2.83. The summed E-state index contributed by atoms with van der Waals surface area (Å²) in [5.41, 5.74) is 4.66. The topological polar surface area (TPSA) is 15.3 Å². The van der Waals surface area contributed by atoms with Crippen molar-refractivity contribution in [3.63, 3.8) is 0 Å². The summed E-state index contributed by atoms with van der Waals surface area (Å²) < 4.78 is 0. The molecule has 0 aliphatic carbocycles. The van der Waals surface area contributed by atoms with E-state index in [-0.39, 0.29) is 0 Å². The predicted octanol–water partition coefficient (Wildman–Crippen LogP) is 5.04. The Bertz CT molecular complexity index is 737. The number of benzene rings is 2. The maximum Gasteiger partial charge on any atom is 0.0514 e. The maximum absolute atomic E-state index is 6.38. The third-order valence-corrected chi connectivity index (χ3v) is 5.58. The molecule has 0 saturated carbocycles. The summed E-state index contributed by atoms with van der Waals surface area (Å²) >= 11 is 18.8. The molecule has 2 nitrogen and oxygen atoms in total. The van der Waals surface area contributed by atoms with Crippen LogP contribution in [0.1, 0.15) is 12.0 Å². The molecule has 2 heterocycles. The molecule has 120 valence electrons. The second kappa shape index (κ2) is 6.18. The molecule has 2 aromatic rings. The van der Waals surface area contributed by atoms with Gasteiger partial charge in [0.25, 0.3) is 0 Å². The van der Waals surface area contributed by atoms with Crippen LogP contribution in [0.25, 0.3) is 11.1 Å². The summed E-state index contributed by atoms with van der Waals surface area (Å²) in [7, 11) is 0. The first-order valence-corrected chi connectivity index (χ1v) is 9.02. The summed E-state index contributed by atoms with van der Waals surface area (Å²) in [4.78, 5) is 2.53. The second-order valence-electron chi connectivity index (χ2n) is 6.18. The van der Waals surface area contributed by atoms with Gasteiger partial charge in [-0.3, -0.25) is 0 Å². The molecule has 1 atom stereocenters. The Balaban J connectivity index is 1.75. The van der Waals surface area contributed by atoms with E-state index in [9.17, 15) is 0 Å². The van der Waals surface area contributed by atoms with E-state index in [4.69, 9.17) is 34.8 Å². The lowest BCUT2D eigenvalue weighted by Crippen LogP contribution is -2.32. The van der Waals surface area contributed by atoms with Crippen molar-refractivity contribution in [2.45, 2.75) is 18.9 Å². The van der Waals surface area contributed by atoms with Gasteiger partial charge >= 0.3 is 0 Å². The molecular weight excluding hydrogens is 351 g/mol. The highest BCUT2D eigenvalue weighted by Gasteiger charge is 2.30. The van der Waals surface area contributed by atoms with E-state index in [1.165, 1.54) is 17.7 Å². The summed E-state index contributed by atoms with van der Waals surface area (Å²) in [6.45, 7) is 3.21. The van der Waals surface area contributed by atoms with Crippen LogP contribution >= 0.6 is 34.8 Å². The zero-order valence-electron chi connectivity index (χ0n) is 12.6. The maximum atomic E-state index is 6.38. The minimum Gasteiger partial charge on any atom is -0.367 e. The minimum atomic E-state index is 0.561. The fraction of sp³-hybridized carbons (Fsp3) is 0.333. The van der Waals surface area contributed by atoms with Gasteiger partial charge in [0.1, 0.15) is 0 Å². The Labute approximate surface area is 151 Å². The molecule has 0 amide bonds. The molecule has 2 aromatic carbocycles. The largest absolute Gasteiger partial charge is 0.367 e. The van der Waals surface area contributed by atoms with Gasteiger partial charge in [-0.2, -0.15) is 0 Å². The summed E-state index contributed by atoms with van der Waals surface area (Å²) in [6, 6.07) is 10.6. The first-order chi connectivity index (χ1) is 11.1. The average molecular weight is 368 g/mol. The lowest BCUT2D eigenvalue weighted by atomic mass is 10.0. The van der Waals surface area contributed by atoms with Crippen LogP contribution in [0.15, 0.2) is 30.3 Å². The smallest absolute Gasteiger partial charge is 0.0514 e. The summed E-state index contributed by atoms with van der Waals surface area (Å²) in [5.74, 6) is 0. The van der Waals surface area contributed by atoms with Gasteiger partial charge < -0.3 is 10.2 Å². The molecular formula is C18H17Cl3N2. The molecule has 0 radical (unpaired) electrons. The van der Waals surface area contributed by atoms with Crippen molar-refractivity contribution in [2.24, 2.45) is 0 Å². The van der Waals surface area contributed by atoms with Crippen molar-refractivity contribution in [1.29, 1.82) is 0 Å². The fourth-order valence-electron chi connectivity index (χ4n) is 3.72. The quantitative estimate of drug-likeness (QED) is 0.759. The van der Waals surface area contributed by atoms with E-state index in [2.05, 4.69) is 28.4 Å². The van der Waals surface area contributed by atoms with Gasteiger partial charge in [0.05, 0.1) is 10.0 Å². The highest BCUT2D eigenvalue weighted by atomic mass is 35.5. The molecule has 23 heavy (non-hydrogen) atoms. The Morgan fingerprint density at radius 2 is 1.78 bits per heavy atom. The average Bonchev–Trinajstić information content (AvgIpc) is 2.67. The predicted molar refractivity (Wildman–Crippen MR) is 99.2 cm³/mol. The van der Waals surface area contributed by atoms with E-state index in [0.29, 0.717) is 21.1 Å². The molecule has 4 rings (SSSR count). The fourth-order valence-corrected chi connectivity index (χ4v) is 4.75. The zero-order valence-corrected chi connectivity index (χ0v) is 14.8. The van der Waals surface area contributed by atoms with Crippen molar-refractivity contribution in [3.8, 4) is 11.1 Å². The molecule has 0 bridgehead atoms. The van der Waals surface area contributed by atoms with E-state index < -0.39 is 0 Å². The Morgan fingerprint density at radius 3 is 2.57 bits per heavy atom. The van der Waals surface area contributed by atoms with Crippen LogP contribution in [-0.2, 0) is 6.42 Å². The summed E-state index contributed by atoms with van der Waals surface area (Å²) in [6.07, 6.45) is 2.28. The number of halogens is 3. The molecule has 1 unspecified atom stereocenters. The van der Waals surface area contributed by atoms with Gasteiger partial charge in [-0.15, -0.1) is 0 Å². The lowest BCUT2D eigenvalue weighted by Gasteiger charge is -2.24. The highest BCUT2D eigenvalue weighted by molar-refractivity contribution is 6.41. The van der Waals surface area contributed by atoms with Crippen LogP contribution in [0.2, 0.25) is 15.1 Å². The molecule has 0 aromatic heterocycles. The SMILES string of the molecule is Clc1cc(Cl)c(-c2ccc3c(c2)CC2CCNCCN32)c(Cl)c1. The van der Waals surface area contributed by atoms with Crippen LogP contribution < -0.4 is 10.2 Å². The number of nitrogens with one attached hydrogen (secondary N) is 1. The van der Waals surface area contributed by atoms with Crippen molar-refractivity contribution in [2.75, 3.05) is 24.5 Å². The molecule has 1 fully saturated rings. The van der Waals surface area contributed by atoms with Gasteiger partial charge in [0.15, 0.2) is 0 Å². The molecule has 2 aliphatic heterocycles. The number of hydrogen-bond donors (Lipinski definition) is 1. The summed E-state index contributed by atoms with van der Waals surface area (Å²) in [5, 5.41) is 5.23. The number of rotatable bonds is 1. The molecule has 1 saturated heterocycles. The van der Waals surface area contributed by atoms with Gasteiger partial charge in [-0.25, -0.2) is 0 Å². The molecule has 1 N–H and O–H groups in total. The van der Waals surface area contributed by atoms with Gasteiger partial charge in [0.2, 0.25) is 0 Å². The standard InChI is InChI=1S/C18H17Cl3N2/c19-13-9-15(20)18(16(21)10-13)11-1-2-17-12(7-11)8-14-3-4-22-5-6-23(14)17/h1-2,7,9-10,14,22H,3-6,8H2. The zero-order chi connectivity index (χ0) is 16.0. The minimum absolute atomic E-state index is 0.561. The number of anilines is 1. The van der Waals surface area contributed by atoms with Crippen LogP contribution in [0.5, 0.6) is 0 Å². The number of nitrogens with zero attached hydrogens (tertiary/aromatic N) is 1. The van der Waals surface area contributed by atoms with Crippen molar-refractivity contribution in [3.05, 3.63) is 51.0 Å². The van der Waals surface area contributed by atoms with Gasteiger partial charge in [-0.05, 0) is 54.8 Å². The first-order valence-electron chi connectivity index (χ1n) is 7.88. The molecule has 0 spiro atoms. The van der Waals surface area contributed by atoms with Crippen LogP contribution in [-0.4, -0.2) is 25.7 Å². The van der Waals surface area contributed by atoms with Crippen molar-refractivity contribution < 1.29 is 0 Å². The van der Waals surface area contributed by atoms with Gasteiger partial charge in [0, 0.05) is 35.4 Å². The lowest BCUT2D eigenvalue weighted by molar-refractivity contribution is 0.612. The highest BCUT2D eigenvalue weighted by Crippen LogP contribution is 2.41. The van der Waals surface area contributed by atoms with Crippen LogP contribution in [0, 0.1) is 0 Å². The Kier molecular flexibility index (Phi) is 4.19. The van der Waals surface area contributed by atoms with E-state index in [1.807, 2.05) is 0 Å². The van der Waals surface area contributed by atoms with Crippen molar-refractivity contribution in [1.82, 2.24) is 5.32 Å².